The zero-order valence-corrected chi connectivity index (χ0v) is 17.3. The molecule has 4 aliphatic rings. The van der Waals surface area contributed by atoms with Crippen molar-refractivity contribution in [3.8, 4) is 22.6 Å². The minimum absolute atomic E-state index is 0.0529. The number of carbonyl (C=O) groups is 4. The fourth-order valence-corrected chi connectivity index (χ4v) is 5.70. The molecule has 162 valence electrons. The van der Waals surface area contributed by atoms with Crippen molar-refractivity contribution in [2.75, 3.05) is 0 Å². The zero-order valence-electron chi connectivity index (χ0n) is 17.3. The maximum absolute atomic E-state index is 13.1. The maximum Gasteiger partial charge on any atom is 0.308 e. The van der Waals surface area contributed by atoms with E-state index in [-0.39, 0.29) is 47.0 Å². The molecule has 0 radical (unpaired) electrons. The average molecular weight is 434 g/mol. The van der Waals surface area contributed by atoms with E-state index in [2.05, 4.69) is 0 Å². The van der Waals surface area contributed by atoms with Crippen molar-refractivity contribution in [3.63, 3.8) is 0 Å². The summed E-state index contributed by atoms with van der Waals surface area (Å²) in [6, 6.07) is 6.49. The summed E-state index contributed by atoms with van der Waals surface area (Å²) in [5, 5.41) is 12.1. The number of ether oxygens (including phenoxy) is 3. The normalized spacial score (nSPS) is 28.3. The average Bonchev–Trinajstić information content (AvgIpc) is 3.51. The van der Waals surface area contributed by atoms with E-state index in [9.17, 15) is 24.3 Å². The minimum Gasteiger partial charge on any atom is -0.426 e. The number of esters is 2. The fraction of sp³-hybridized carbons (Fsp3) is 0.333. The Morgan fingerprint density at radius 1 is 1.00 bits per heavy atom. The van der Waals surface area contributed by atoms with Gasteiger partial charge in [-0.05, 0) is 35.2 Å². The summed E-state index contributed by atoms with van der Waals surface area (Å²) in [5.41, 5.74) is 1.14. The third kappa shape index (κ3) is 2.33. The number of benzene rings is 2. The molecule has 1 aliphatic heterocycles. The molecule has 0 saturated carbocycles. The summed E-state index contributed by atoms with van der Waals surface area (Å²) in [5.74, 6) is -2.01. The molecule has 6 rings (SSSR count). The van der Waals surface area contributed by atoms with Gasteiger partial charge in [0.1, 0.15) is 29.3 Å². The summed E-state index contributed by atoms with van der Waals surface area (Å²) in [6.45, 7) is 2.50. The second-order valence-corrected chi connectivity index (χ2v) is 8.66. The molecule has 8 heteroatoms. The van der Waals surface area contributed by atoms with Crippen molar-refractivity contribution in [1.82, 2.24) is 0 Å². The number of hydrogen-bond donors (Lipinski definition) is 1. The van der Waals surface area contributed by atoms with Gasteiger partial charge in [0.2, 0.25) is 0 Å². The molecule has 0 amide bonds. The van der Waals surface area contributed by atoms with Crippen LogP contribution in [-0.2, 0) is 19.9 Å². The van der Waals surface area contributed by atoms with Crippen molar-refractivity contribution in [1.29, 1.82) is 0 Å². The van der Waals surface area contributed by atoms with E-state index >= 15 is 0 Å². The van der Waals surface area contributed by atoms with E-state index < -0.39 is 35.7 Å². The van der Waals surface area contributed by atoms with Crippen LogP contribution in [0.25, 0.3) is 11.1 Å². The Kier molecular flexibility index (Phi) is 3.69. The first-order chi connectivity index (χ1) is 15.2. The van der Waals surface area contributed by atoms with E-state index in [0.717, 1.165) is 0 Å². The summed E-state index contributed by atoms with van der Waals surface area (Å²) in [7, 11) is 0. The summed E-state index contributed by atoms with van der Waals surface area (Å²) in [4.78, 5) is 49.3. The fourth-order valence-electron chi connectivity index (χ4n) is 5.70. The van der Waals surface area contributed by atoms with Crippen LogP contribution in [0, 0.1) is 0 Å². The number of ketones is 2. The SMILES string of the molecule is CC(=O)Oc1ccc2c3c1C(=O)C1OC1C3C1(O)CCC(=O)c3c(OC(C)=O)ccc-2c31. The Morgan fingerprint density at radius 2 is 1.62 bits per heavy atom. The van der Waals surface area contributed by atoms with Gasteiger partial charge in [-0.25, -0.2) is 0 Å². The van der Waals surface area contributed by atoms with Crippen LogP contribution < -0.4 is 9.47 Å². The highest BCUT2D eigenvalue weighted by Gasteiger charge is 2.65. The monoisotopic (exact) mass is 434 g/mol. The van der Waals surface area contributed by atoms with Crippen molar-refractivity contribution < 1.29 is 38.5 Å². The Balaban J connectivity index is 1.70. The van der Waals surface area contributed by atoms with E-state index in [1.165, 1.54) is 19.9 Å². The molecular formula is C24H18O8. The molecule has 2 aromatic carbocycles. The van der Waals surface area contributed by atoms with Gasteiger partial charge in [0.25, 0.3) is 0 Å². The lowest BCUT2D eigenvalue weighted by Gasteiger charge is -2.47. The largest absolute Gasteiger partial charge is 0.426 e. The topological polar surface area (TPSA) is 120 Å². The van der Waals surface area contributed by atoms with Gasteiger partial charge in [-0.15, -0.1) is 0 Å². The molecule has 3 aliphatic carbocycles. The Labute approximate surface area is 182 Å². The standard InChI is InChI=1S/C24H18O8/c1-9(25)30-14-6-4-12-11-3-5-15(31-10(2)26)18-16(11)20(22-23(32-22)21(18)28)24(29)8-7-13(27)17(14)19(12)24/h3-6,20,22-23,29H,7-8H2,1-2H3. The highest BCUT2D eigenvalue weighted by Crippen LogP contribution is 2.63. The number of rotatable bonds is 2. The summed E-state index contributed by atoms with van der Waals surface area (Å²) >= 11 is 0. The van der Waals surface area contributed by atoms with Crippen LogP contribution in [-0.4, -0.2) is 40.8 Å². The van der Waals surface area contributed by atoms with Crippen LogP contribution in [0.2, 0.25) is 0 Å². The first kappa shape index (κ1) is 19.3. The molecule has 1 N–H and O–H groups in total. The second-order valence-electron chi connectivity index (χ2n) is 8.66. The van der Waals surface area contributed by atoms with Gasteiger partial charge in [0.05, 0.1) is 11.1 Å². The Bertz CT molecular complexity index is 1290. The van der Waals surface area contributed by atoms with Gasteiger partial charge in [0, 0.05) is 31.7 Å². The molecule has 1 heterocycles. The predicted octanol–water partition coefficient (Wildman–Crippen LogP) is 2.43. The van der Waals surface area contributed by atoms with Gasteiger partial charge in [-0.3, -0.25) is 19.2 Å². The zero-order chi connectivity index (χ0) is 22.5. The minimum atomic E-state index is -1.51. The second kappa shape index (κ2) is 6.11. The Hall–Kier alpha value is -3.36. The number of Topliss-reactive ketones (excluding diaryl/α,β-unsaturated/α-hetero) is 2. The number of hydrogen-bond acceptors (Lipinski definition) is 8. The first-order valence-corrected chi connectivity index (χ1v) is 10.4. The molecule has 4 unspecified atom stereocenters. The molecule has 1 saturated heterocycles. The molecule has 1 fully saturated rings. The molecule has 32 heavy (non-hydrogen) atoms. The molecule has 8 nitrogen and oxygen atoms in total. The molecule has 2 aromatic rings. The van der Waals surface area contributed by atoms with E-state index in [1.807, 2.05) is 0 Å². The first-order valence-electron chi connectivity index (χ1n) is 10.4. The van der Waals surface area contributed by atoms with Crippen LogP contribution in [0.15, 0.2) is 24.3 Å². The Morgan fingerprint density at radius 3 is 2.28 bits per heavy atom. The lowest BCUT2D eigenvalue weighted by Crippen LogP contribution is -2.47. The van der Waals surface area contributed by atoms with Crippen LogP contribution in [0.4, 0.5) is 0 Å². The number of epoxide rings is 1. The van der Waals surface area contributed by atoms with Crippen LogP contribution in [0.1, 0.15) is 64.4 Å². The van der Waals surface area contributed by atoms with Crippen molar-refractivity contribution >= 4 is 23.5 Å². The lowest BCUT2D eigenvalue weighted by atomic mass is 9.58. The molecule has 0 bridgehead atoms. The highest BCUT2D eigenvalue weighted by atomic mass is 16.6. The van der Waals surface area contributed by atoms with Gasteiger partial charge < -0.3 is 19.3 Å². The lowest BCUT2D eigenvalue weighted by molar-refractivity contribution is -0.132. The van der Waals surface area contributed by atoms with Crippen LogP contribution in [0.5, 0.6) is 11.5 Å². The maximum atomic E-state index is 13.1. The van der Waals surface area contributed by atoms with Crippen molar-refractivity contribution in [2.24, 2.45) is 0 Å². The van der Waals surface area contributed by atoms with Crippen molar-refractivity contribution in [3.05, 3.63) is 46.5 Å². The van der Waals surface area contributed by atoms with Gasteiger partial charge in [0.15, 0.2) is 11.6 Å². The smallest absolute Gasteiger partial charge is 0.308 e. The summed E-state index contributed by atoms with van der Waals surface area (Å²) < 4.78 is 16.3. The predicted molar refractivity (Wildman–Crippen MR) is 108 cm³/mol. The number of aliphatic hydroxyl groups is 1. The van der Waals surface area contributed by atoms with Gasteiger partial charge in [-0.2, -0.15) is 0 Å². The number of fused-ring (bicyclic) bond motifs is 4. The number of carbonyl (C=O) groups excluding carboxylic acids is 4. The van der Waals surface area contributed by atoms with Crippen LogP contribution >= 0.6 is 0 Å². The van der Waals surface area contributed by atoms with E-state index in [4.69, 9.17) is 14.2 Å². The highest BCUT2D eigenvalue weighted by molar-refractivity contribution is 6.11. The molecular weight excluding hydrogens is 416 g/mol. The molecule has 0 spiro atoms. The quantitative estimate of drug-likeness (QED) is 0.435. The molecule has 0 aromatic heterocycles. The van der Waals surface area contributed by atoms with E-state index in [1.54, 1.807) is 18.2 Å². The third-order valence-corrected chi connectivity index (χ3v) is 6.80. The van der Waals surface area contributed by atoms with Gasteiger partial charge in [-0.1, -0.05) is 12.1 Å². The third-order valence-electron chi connectivity index (χ3n) is 6.80. The van der Waals surface area contributed by atoms with Crippen LogP contribution in [0.3, 0.4) is 0 Å². The van der Waals surface area contributed by atoms with Gasteiger partial charge >= 0.3 is 11.9 Å². The summed E-state index contributed by atoms with van der Waals surface area (Å²) in [6.07, 6.45) is -1.09. The van der Waals surface area contributed by atoms with Crippen molar-refractivity contribution in [2.45, 2.75) is 50.4 Å². The van der Waals surface area contributed by atoms with E-state index in [0.29, 0.717) is 22.3 Å². The molecule has 4 atom stereocenters.